The third-order valence-electron chi connectivity index (χ3n) is 5.00. The van der Waals surface area contributed by atoms with E-state index in [9.17, 15) is 14.0 Å². The van der Waals surface area contributed by atoms with Crippen LogP contribution in [0.1, 0.15) is 22.8 Å². The number of hydrogen-bond acceptors (Lipinski definition) is 4. The number of amides is 2. The van der Waals surface area contributed by atoms with Crippen molar-refractivity contribution in [3.63, 3.8) is 0 Å². The lowest BCUT2D eigenvalue weighted by atomic mass is 10.1. The van der Waals surface area contributed by atoms with Crippen LogP contribution >= 0.6 is 23.2 Å². The van der Waals surface area contributed by atoms with Crippen LogP contribution in [-0.4, -0.2) is 61.5 Å². The van der Waals surface area contributed by atoms with Crippen molar-refractivity contribution in [2.24, 2.45) is 0 Å². The number of methoxy groups -OCH3 is 1. The van der Waals surface area contributed by atoms with Crippen molar-refractivity contribution in [1.29, 1.82) is 0 Å². The Hall–Kier alpha value is -2.77. The minimum Gasteiger partial charge on any atom is -0.493 e. The minimum absolute atomic E-state index is 0.0703. The molecule has 0 aromatic heterocycles. The first kappa shape index (κ1) is 23.9. The molecule has 1 aliphatic heterocycles. The zero-order chi connectivity index (χ0) is 23.3. The van der Waals surface area contributed by atoms with E-state index >= 15 is 0 Å². The molecule has 0 saturated carbocycles. The highest BCUT2D eigenvalue weighted by Gasteiger charge is 2.25. The fraction of sp³-hybridized carbons (Fsp3) is 0.304. The van der Waals surface area contributed by atoms with Crippen LogP contribution in [0.15, 0.2) is 36.4 Å². The Morgan fingerprint density at radius 1 is 1.06 bits per heavy atom. The molecule has 0 N–H and O–H groups in total. The maximum atomic E-state index is 13.2. The van der Waals surface area contributed by atoms with E-state index in [2.05, 4.69) is 0 Å². The molecule has 3 rings (SSSR count). The summed E-state index contributed by atoms with van der Waals surface area (Å²) in [6, 6.07) is 7.12. The number of ether oxygens (including phenoxy) is 2. The largest absolute Gasteiger partial charge is 0.493 e. The number of nitrogens with zero attached hydrogens (tertiary/aromatic N) is 2. The van der Waals surface area contributed by atoms with Crippen LogP contribution in [-0.2, 0) is 4.79 Å². The Balaban J connectivity index is 1.61. The molecule has 32 heavy (non-hydrogen) atoms. The number of benzene rings is 2. The molecular weight excluding hydrogens is 458 g/mol. The number of hydrogen-bond donors (Lipinski definition) is 0. The molecule has 2 aromatic rings. The van der Waals surface area contributed by atoms with Gasteiger partial charge in [0.25, 0.3) is 5.91 Å². The molecule has 0 unspecified atom stereocenters. The fourth-order valence-electron chi connectivity index (χ4n) is 3.36. The summed E-state index contributed by atoms with van der Waals surface area (Å²) in [5, 5.41) is 0.464. The highest BCUT2D eigenvalue weighted by molar-refractivity contribution is 6.33. The summed E-state index contributed by atoms with van der Waals surface area (Å²) in [6.45, 7) is 3.77. The standard InChI is InChI=1S/C23H23Cl2FN2O4/c1-3-32-22-19(25)12-15(13-20(22)31-2)4-7-21(29)27-8-10-28(11-9-27)23(30)17-6-5-16(26)14-18(17)24/h4-7,12-14H,3,8-11H2,1-2H3/b7-4+. The average molecular weight is 481 g/mol. The number of piperazine rings is 1. The lowest BCUT2D eigenvalue weighted by molar-refractivity contribution is -0.127. The van der Waals surface area contributed by atoms with Crippen LogP contribution in [0.3, 0.4) is 0 Å². The van der Waals surface area contributed by atoms with E-state index in [0.717, 1.165) is 6.07 Å². The molecule has 0 atom stereocenters. The smallest absolute Gasteiger partial charge is 0.255 e. The number of carbonyl (C=O) groups is 2. The van der Waals surface area contributed by atoms with Crippen LogP contribution in [0.4, 0.5) is 4.39 Å². The molecule has 0 bridgehead atoms. The maximum Gasteiger partial charge on any atom is 0.255 e. The van der Waals surface area contributed by atoms with Crippen LogP contribution in [0, 0.1) is 5.82 Å². The molecule has 0 spiro atoms. The Kier molecular flexibility index (Phi) is 7.99. The van der Waals surface area contributed by atoms with Crippen LogP contribution in [0.25, 0.3) is 6.08 Å². The summed E-state index contributed by atoms with van der Waals surface area (Å²) in [5.74, 6) is -0.0185. The molecule has 1 heterocycles. The third-order valence-corrected chi connectivity index (χ3v) is 5.59. The van der Waals surface area contributed by atoms with E-state index in [4.69, 9.17) is 32.7 Å². The predicted molar refractivity (Wildman–Crippen MR) is 122 cm³/mol. The van der Waals surface area contributed by atoms with Gasteiger partial charge in [0, 0.05) is 32.3 Å². The molecule has 6 nitrogen and oxygen atoms in total. The molecule has 1 saturated heterocycles. The van der Waals surface area contributed by atoms with Gasteiger partial charge in [-0.3, -0.25) is 9.59 Å². The van der Waals surface area contributed by atoms with Gasteiger partial charge in [0.15, 0.2) is 11.5 Å². The molecule has 2 amide bonds. The zero-order valence-corrected chi connectivity index (χ0v) is 19.3. The monoisotopic (exact) mass is 480 g/mol. The summed E-state index contributed by atoms with van der Waals surface area (Å²) in [5.41, 5.74) is 0.942. The summed E-state index contributed by atoms with van der Waals surface area (Å²) in [4.78, 5) is 28.5. The van der Waals surface area contributed by atoms with Crippen molar-refractivity contribution in [1.82, 2.24) is 9.80 Å². The van der Waals surface area contributed by atoms with Crippen LogP contribution in [0.2, 0.25) is 10.0 Å². The van der Waals surface area contributed by atoms with Crippen molar-refractivity contribution in [2.45, 2.75) is 6.92 Å². The molecule has 170 valence electrons. The molecule has 0 radical (unpaired) electrons. The topological polar surface area (TPSA) is 59.1 Å². The normalized spacial score (nSPS) is 14.0. The predicted octanol–water partition coefficient (Wildman–Crippen LogP) is 4.54. The van der Waals surface area contributed by atoms with Gasteiger partial charge in [-0.15, -0.1) is 0 Å². The van der Waals surface area contributed by atoms with Gasteiger partial charge in [-0.25, -0.2) is 4.39 Å². The maximum absolute atomic E-state index is 13.2. The first-order valence-electron chi connectivity index (χ1n) is 10.1. The first-order chi connectivity index (χ1) is 15.3. The SMILES string of the molecule is CCOc1c(Cl)cc(/C=C/C(=O)N2CCN(C(=O)c3ccc(F)cc3Cl)CC2)cc1OC. The quantitative estimate of drug-likeness (QED) is 0.569. The van der Waals surface area contributed by atoms with Gasteiger partial charge >= 0.3 is 0 Å². The fourth-order valence-corrected chi connectivity index (χ4v) is 3.88. The van der Waals surface area contributed by atoms with E-state index in [0.29, 0.717) is 54.9 Å². The molecule has 1 aliphatic rings. The van der Waals surface area contributed by atoms with E-state index in [1.165, 1.54) is 25.3 Å². The number of carbonyl (C=O) groups excluding carboxylic acids is 2. The van der Waals surface area contributed by atoms with Gasteiger partial charge in [0.2, 0.25) is 5.91 Å². The average Bonchev–Trinajstić information content (AvgIpc) is 2.78. The van der Waals surface area contributed by atoms with Crippen LogP contribution < -0.4 is 9.47 Å². The van der Waals surface area contributed by atoms with Gasteiger partial charge in [-0.05, 0) is 48.9 Å². The Morgan fingerprint density at radius 2 is 1.75 bits per heavy atom. The Bertz CT molecular complexity index is 1040. The highest BCUT2D eigenvalue weighted by atomic mass is 35.5. The van der Waals surface area contributed by atoms with Gasteiger partial charge in [-0.1, -0.05) is 23.2 Å². The summed E-state index contributed by atoms with van der Waals surface area (Å²) in [6.07, 6.45) is 3.11. The van der Waals surface area contributed by atoms with Crippen molar-refractivity contribution in [3.8, 4) is 11.5 Å². The molecule has 0 aliphatic carbocycles. The van der Waals surface area contributed by atoms with Crippen molar-refractivity contribution in [2.75, 3.05) is 39.9 Å². The van der Waals surface area contributed by atoms with E-state index in [-0.39, 0.29) is 22.4 Å². The van der Waals surface area contributed by atoms with Crippen LogP contribution in [0.5, 0.6) is 11.5 Å². The lowest BCUT2D eigenvalue weighted by Crippen LogP contribution is -2.50. The second-order valence-corrected chi connectivity index (χ2v) is 7.86. The second-order valence-electron chi connectivity index (χ2n) is 7.04. The first-order valence-corrected chi connectivity index (χ1v) is 10.8. The van der Waals surface area contributed by atoms with E-state index in [1.807, 2.05) is 6.92 Å². The summed E-state index contributed by atoms with van der Waals surface area (Å²) in [7, 11) is 1.52. The third kappa shape index (κ3) is 5.53. The molecule has 9 heteroatoms. The van der Waals surface area contributed by atoms with E-state index in [1.54, 1.807) is 28.0 Å². The lowest BCUT2D eigenvalue weighted by Gasteiger charge is -2.34. The molecule has 2 aromatic carbocycles. The van der Waals surface area contributed by atoms with Gasteiger partial charge in [-0.2, -0.15) is 0 Å². The summed E-state index contributed by atoms with van der Waals surface area (Å²) >= 11 is 12.3. The highest BCUT2D eigenvalue weighted by Crippen LogP contribution is 2.36. The van der Waals surface area contributed by atoms with Crippen molar-refractivity contribution < 1.29 is 23.5 Å². The number of rotatable bonds is 6. The zero-order valence-electron chi connectivity index (χ0n) is 17.7. The van der Waals surface area contributed by atoms with E-state index < -0.39 is 5.82 Å². The minimum atomic E-state index is -0.500. The van der Waals surface area contributed by atoms with Crippen molar-refractivity contribution >= 4 is 41.1 Å². The second kappa shape index (κ2) is 10.7. The Morgan fingerprint density at radius 3 is 2.38 bits per heavy atom. The molecule has 1 fully saturated rings. The van der Waals surface area contributed by atoms with Gasteiger partial charge in [0.05, 0.1) is 29.3 Å². The summed E-state index contributed by atoms with van der Waals surface area (Å²) < 4.78 is 24.0. The van der Waals surface area contributed by atoms with Gasteiger partial charge in [0.1, 0.15) is 5.82 Å². The van der Waals surface area contributed by atoms with Gasteiger partial charge < -0.3 is 19.3 Å². The van der Waals surface area contributed by atoms with Crippen molar-refractivity contribution in [3.05, 3.63) is 63.4 Å². The molecular formula is C23H23Cl2FN2O4. The number of halogens is 3. The Labute approximate surface area is 196 Å².